The summed E-state index contributed by atoms with van der Waals surface area (Å²) in [5.41, 5.74) is 0. The van der Waals surface area contributed by atoms with Gasteiger partial charge in [-0.3, -0.25) is 0 Å². The largest absolute Gasteiger partial charge is 0.0640 e. The van der Waals surface area contributed by atoms with E-state index in [0.717, 1.165) is 0 Å². The third-order valence-corrected chi connectivity index (χ3v) is 3.62. The minimum atomic E-state index is 0.515. The maximum absolute atomic E-state index is 5.57. The van der Waals surface area contributed by atoms with Crippen LogP contribution in [-0.2, 0) is 0 Å². The van der Waals surface area contributed by atoms with Crippen LogP contribution in [0.15, 0.2) is 0 Å². The summed E-state index contributed by atoms with van der Waals surface area (Å²) >= 11 is 0. The van der Waals surface area contributed by atoms with E-state index in [1.807, 2.05) is 0 Å². The predicted octanol–water partition coefficient (Wildman–Crippen LogP) is 2.82. The van der Waals surface area contributed by atoms with E-state index in [1.165, 1.54) is 30.2 Å². The second-order valence-electron chi connectivity index (χ2n) is 2.11. The number of hydrogen-bond donors (Lipinski definition) is 0. The molecule has 7 heavy (non-hydrogen) atoms. The van der Waals surface area contributed by atoms with E-state index < -0.39 is 0 Å². The SMILES string of the molecule is CCC1(SCl)CC1. The van der Waals surface area contributed by atoms with Gasteiger partial charge in [0.05, 0.1) is 0 Å². The molecule has 0 aromatic carbocycles. The average molecular weight is 137 g/mol. The zero-order valence-electron chi connectivity index (χ0n) is 4.41. The second kappa shape index (κ2) is 1.87. The van der Waals surface area contributed by atoms with Crippen LogP contribution in [0.4, 0.5) is 0 Å². The molecule has 1 aliphatic rings. The van der Waals surface area contributed by atoms with Crippen molar-refractivity contribution in [2.45, 2.75) is 30.9 Å². The fourth-order valence-electron chi connectivity index (χ4n) is 0.625. The van der Waals surface area contributed by atoms with Crippen molar-refractivity contribution in [3.63, 3.8) is 0 Å². The van der Waals surface area contributed by atoms with Gasteiger partial charge in [-0.2, -0.15) is 0 Å². The van der Waals surface area contributed by atoms with Crippen LogP contribution in [-0.4, -0.2) is 4.75 Å². The molecule has 0 N–H and O–H groups in total. The third-order valence-electron chi connectivity index (χ3n) is 1.62. The quantitative estimate of drug-likeness (QED) is 0.563. The summed E-state index contributed by atoms with van der Waals surface area (Å²) in [5, 5.41) is 0. The highest BCUT2D eigenvalue weighted by atomic mass is 35.7. The van der Waals surface area contributed by atoms with Gasteiger partial charge in [-0.05, 0) is 40.9 Å². The van der Waals surface area contributed by atoms with Gasteiger partial charge in [0.15, 0.2) is 0 Å². The molecule has 42 valence electrons. The molecule has 0 heterocycles. The molecule has 1 fully saturated rings. The van der Waals surface area contributed by atoms with E-state index in [0.29, 0.717) is 4.75 Å². The van der Waals surface area contributed by atoms with E-state index >= 15 is 0 Å². The number of halogens is 1. The molecule has 0 unspecified atom stereocenters. The van der Waals surface area contributed by atoms with Gasteiger partial charge in [-0.15, -0.1) is 0 Å². The van der Waals surface area contributed by atoms with Crippen molar-refractivity contribution >= 4 is 21.7 Å². The molecule has 1 saturated carbocycles. The van der Waals surface area contributed by atoms with E-state index in [4.69, 9.17) is 10.7 Å². The Bertz CT molecular complexity index is 62.5. The Hall–Kier alpha value is 0.640. The van der Waals surface area contributed by atoms with E-state index in [9.17, 15) is 0 Å². The first-order valence-electron chi connectivity index (χ1n) is 2.63. The van der Waals surface area contributed by atoms with Crippen molar-refractivity contribution < 1.29 is 0 Å². The van der Waals surface area contributed by atoms with Crippen molar-refractivity contribution in [1.82, 2.24) is 0 Å². The second-order valence-corrected chi connectivity index (χ2v) is 3.60. The minimum Gasteiger partial charge on any atom is -0.0640 e. The molecule has 0 saturated heterocycles. The first kappa shape index (κ1) is 5.77. The van der Waals surface area contributed by atoms with E-state index in [-0.39, 0.29) is 0 Å². The highest BCUT2D eigenvalue weighted by Gasteiger charge is 2.40. The average Bonchev–Trinajstić information content (AvgIpc) is 2.46. The van der Waals surface area contributed by atoms with Crippen LogP contribution in [0.1, 0.15) is 26.2 Å². The summed E-state index contributed by atoms with van der Waals surface area (Å²) in [4.78, 5) is 0. The zero-order valence-corrected chi connectivity index (χ0v) is 5.98. The molecule has 0 aliphatic heterocycles. The van der Waals surface area contributed by atoms with Crippen molar-refractivity contribution in [2.75, 3.05) is 0 Å². The van der Waals surface area contributed by atoms with Crippen LogP contribution in [0, 0.1) is 0 Å². The Kier molecular flexibility index (Phi) is 1.54. The van der Waals surface area contributed by atoms with Gasteiger partial charge in [0.1, 0.15) is 0 Å². The molecule has 0 amide bonds. The molecule has 1 aliphatic carbocycles. The maximum Gasteiger partial charge on any atom is 0.0310 e. The van der Waals surface area contributed by atoms with Gasteiger partial charge in [0.25, 0.3) is 0 Å². The molecule has 0 nitrogen and oxygen atoms in total. The first-order valence-corrected chi connectivity index (χ1v) is 4.27. The fraction of sp³-hybridized carbons (Fsp3) is 1.00. The summed E-state index contributed by atoms with van der Waals surface area (Å²) in [7, 11) is 7.08. The molecule has 2 heteroatoms. The topological polar surface area (TPSA) is 0 Å². The van der Waals surface area contributed by atoms with Crippen LogP contribution < -0.4 is 0 Å². The normalized spacial score (nSPS) is 24.9. The van der Waals surface area contributed by atoms with Crippen molar-refractivity contribution in [1.29, 1.82) is 0 Å². The molecular weight excluding hydrogens is 128 g/mol. The summed E-state index contributed by atoms with van der Waals surface area (Å²) in [5.74, 6) is 0. The molecule has 0 atom stereocenters. The lowest BCUT2D eigenvalue weighted by molar-refractivity contribution is 0.859. The predicted molar refractivity (Wildman–Crippen MR) is 35.7 cm³/mol. The molecular formula is C5H9ClS. The molecule has 0 bridgehead atoms. The van der Waals surface area contributed by atoms with Crippen LogP contribution >= 0.6 is 21.7 Å². The monoisotopic (exact) mass is 136 g/mol. The van der Waals surface area contributed by atoms with Gasteiger partial charge in [0, 0.05) is 4.75 Å². The maximum atomic E-state index is 5.57. The minimum absolute atomic E-state index is 0.515. The van der Waals surface area contributed by atoms with Gasteiger partial charge in [-0.25, -0.2) is 0 Å². The first-order chi connectivity index (χ1) is 3.33. The van der Waals surface area contributed by atoms with Gasteiger partial charge in [-0.1, -0.05) is 6.92 Å². The van der Waals surface area contributed by atoms with Gasteiger partial charge >= 0.3 is 0 Å². The summed E-state index contributed by atoms with van der Waals surface area (Å²) in [6.45, 7) is 2.20. The Balaban J connectivity index is 2.28. The zero-order chi connectivity index (χ0) is 5.33. The van der Waals surface area contributed by atoms with E-state index in [1.54, 1.807) is 0 Å². The van der Waals surface area contributed by atoms with Crippen LogP contribution in [0.25, 0.3) is 0 Å². The fourth-order valence-corrected chi connectivity index (χ4v) is 1.78. The van der Waals surface area contributed by atoms with Crippen LogP contribution in [0.5, 0.6) is 0 Å². The third kappa shape index (κ3) is 1.06. The smallest absolute Gasteiger partial charge is 0.0310 e. The van der Waals surface area contributed by atoms with E-state index in [2.05, 4.69) is 6.92 Å². The lowest BCUT2D eigenvalue weighted by atomic mass is 10.3. The number of hydrogen-bond acceptors (Lipinski definition) is 1. The van der Waals surface area contributed by atoms with Crippen LogP contribution in [0.2, 0.25) is 0 Å². The van der Waals surface area contributed by atoms with Crippen molar-refractivity contribution in [3.05, 3.63) is 0 Å². The Labute approximate surface area is 53.1 Å². The van der Waals surface area contributed by atoms with Gasteiger partial charge in [0.2, 0.25) is 0 Å². The molecule has 1 rings (SSSR count). The molecule has 0 spiro atoms. The highest BCUT2D eigenvalue weighted by Crippen LogP contribution is 2.52. The van der Waals surface area contributed by atoms with Crippen LogP contribution in [0.3, 0.4) is 0 Å². The highest BCUT2D eigenvalue weighted by molar-refractivity contribution is 8.22. The van der Waals surface area contributed by atoms with Crippen molar-refractivity contribution in [2.24, 2.45) is 0 Å². The summed E-state index contributed by atoms with van der Waals surface area (Å²) < 4.78 is 0.515. The van der Waals surface area contributed by atoms with Crippen molar-refractivity contribution in [3.8, 4) is 0 Å². The Morgan fingerprint density at radius 3 is 2.29 bits per heavy atom. The Morgan fingerprint density at radius 1 is 1.71 bits per heavy atom. The number of rotatable bonds is 2. The lowest BCUT2D eigenvalue weighted by Gasteiger charge is -2.01. The molecule has 0 aromatic rings. The standard InChI is InChI=1S/C5H9ClS/c1-2-5(7-6)3-4-5/h2-4H2,1H3. The lowest BCUT2D eigenvalue weighted by Crippen LogP contribution is -1.93. The van der Waals surface area contributed by atoms with Gasteiger partial charge < -0.3 is 0 Å². The summed E-state index contributed by atoms with van der Waals surface area (Å²) in [6.07, 6.45) is 3.90. The molecule has 0 aromatic heterocycles. The summed E-state index contributed by atoms with van der Waals surface area (Å²) in [6, 6.07) is 0. The Morgan fingerprint density at radius 2 is 2.29 bits per heavy atom. The molecule has 0 radical (unpaired) electrons.